The molecule has 0 saturated carbocycles. The highest BCUT2D eigenvalue weighted by Crippen LogP contribution is 2.22. The van der Waals surface area contributed by atoms with Gasteiger partial charge in [-0.25, -0.2) is 8.42 Å². The number of carbonyl (C=O) groups excluding carboxylic acids is 1. The molecule has 1 amide bonds. The molecule has 4 nitrogen and oxygen atoms in total. The van der Waals surface area contributed by atoms with E-state index in [0.717, 1.165) is 5.56 Å². The van der Waals surface area contributed by atoms with Gasteiger partial charge in [-0.05, 0) is 12.0 Å². The van der Waals surface area contributed by atoms with E-state index >= 15 is 0 Å². The van der Waals surface area contributed by atoms with Gasteiger partial charge in [0, 0.05) is 0 Å². The maximum Gasteiger partial charge on any atom is 0.227 e. The molecule has 1 saturated heterocycles. The van der Waals surface area contributed by atoms with Crippen LogP contribution in [0.2, 0.25) is 0 Å². The van der Waals surface area contributed by atoms with Crippen molar-refractivity contribution in [2.24, 2.45) is 0 Å². The number of hydrogen-bond donors (Lipinski definition) is 1. The van der Waals surface area contributed by atoms with E-state index in [1.54, 1.807) is 0 Å². The Bertz CT molecular complexity index is 573. The van der Waals surface area contributed by atoms with Crippen LogP contribution in [0.25, 0.3) is 0 Å². The third kappa shape index (κ3) is 3.52. The van der Waals surface area contributed by atoms with Crippen LogP contribution >= 0.6 is 11.6 Å². The molecule has 6 heteroatoms. The summed E-state index contributed by atoms with van der Waals surface area (Å²) in [6.07, 6.45) is 0.655. The lowest BCUT2D eigenvalue weighted by molar-refractivity contribution is -0.123. The molecular weight excluding hydrogens is 298 g/mol. The highest BCUT2D eigenvalue weighted by Gasteiger charge is 2.38. The lowest BCUT2D eigenvalue weighted by Gasteiger charge is -2.20. The average molecular weight is 316 g/mol. The molecule has 1 N–H and O–H groups in total. The Hall–Kier alpha value is -1.07. The van der Waals surface area contributed by atoms with E-state index in [9.17, 15) is 13.2 Å². The average Bonchev–Trinajstić information content (AvgIpc) is 2.64. The van der Waals surface area contributed by atoms with Crippen LogP contribution in [0.5, 0.6) is 0 Å². The summed E-state index contributed by atoms with van der Waals surface area (Å²) in [4.78, 5) is 12.3. The Kier molecular flexibility index (Phi) is 4.70. The number of rotatable bonds is 4. The van der Waals surface area contributed by atoms with Gasteiger partial charge < -0.3 is 5.32 Å². The molecule has 2 rings (SSSR count). The Morgan fingerprint density at radius 1 is 1.35 bits per heavy atom. The summed E-state index contributed by atoms with van der Waals surface area (Å²) in [5.41, 5.74) is 0.930. The number of nitrogens with one attached hydrogen (secondary N) is 1. The fourth-order valence-electron chi connectivity index (χ4n) is 2.48. The minimum atomic E-state index is -3.13. The zero-order valence-electron chi connectivity index (χ0n) is 11.3. The van der Waals surface area contributed by atoms with Gasteiger partial charge in [-0.15, -0.1) is 11.6 Å². The molecule has 110 valence electrons. The van der Waals surface area contributed by atoms with Gasteiger partial charge in [-0.1, -0.05) is 37.3 Å². The van der Waals surface area contributed by atoms with Crippen molar-refractivity contribution in [3.63, 3.8) is 0 Å². The normalized spacial score (nSPS) is 26.1. The van der Waals surface area contributed by atoms with Gasteiger partial charge >= 0.3 is 0 Å². The first-order valence-electron chi connectivity index (χ1n) is 6.62. The van der Waals surface area contributed by atoms with Gasteiger partial charge in [0.05, 0.1) is 28.8 Å². The van der Waals surface area contributed by atoms with E-state index in [1.165, 1.54) is 0 Å². The van der Waals surface area contributed by atoms with Crippen LogP contribution in [0, 0.1) is 0 Å². The van der Waals surface area contributed by atoms with Gasteiger partial charge in [0.1, 0.15) is 0 Å². The van der Waals surface area contributed by atoms with Crippen molar-refractivity contribution in [2.45, 2.75) is 30.7 Å². The molecule has 0 spiro atoms. The number of sulfone groups is 1. The zero-order valence-corrected chi connectivity index (χ0v) is 12.8. The van der Waals surface area contributed by atoms with Crippen LogP contribution in [0.15, 0.2) is 30.3 Å². The first-order valence-corrected chi connectivity index (χ1v) is 8.88. The summed E-state index contributed by atoms with van der Waals surface area (Å²) < 4.78 is 23.0. The van der Waals surface area contributed by atoms with E-state index in [2.05, 4.69) is 5.32 Å². The molecule has 0 bridgehead atoms. The largest absolute Gasteiger partial charge is 0.350 e. The van der Waals surface area contributed by atoms with Crippen LogP contribution < -0.4 is 5.32 Å². The Morgan fingerprint density at radius 3 is 2.50 bits per heavy atom. The molecule has 0 aromatic heterocycles. The van der Waals surface area contributed by atoms with E-state index in [-0.39, 0.29) is 23.3 Å². The van der Waals surface area contributed by atoms with Gasteiger partial charge in [0.2, 0.25) is 5.91 Å². The minimum absolute atomic E-state index is 0.0678. The molecule has 0 radical (unpaired) electrons. The van der Waals surface area contributed by atoms with Crippen molar-refractivity contribution in [1.29, 1.82) is 0 Å². The summed E-state index contributed by atoms with van der Waals surface area (Å²) in [6, 6.07) is 8.97. The van der Waals surface area contributed by atoms with Crippen molar-refractivity contribution in [1.82, 2.24) is 5.32 Å². The predicted molar refractivity (Wildman–Crippen MR) is 79.7 cm³/mol. The van der Waals surface area contributed by atoms with E-state index in [4.69, 9.17) is 11.6 Å². The highest BCUT2D eigenvalue weighted by atomic mass is 35.5. The molecule has 1 aromatic rings. The summed E-state index contributed by atoms with van der Waals surface area (Å²) in [7, 11) is -3.13. The van der Waals surface area contributed by atoms with Crippen LogP contribution in [-0.2, 0) is 14.6 Å². The Morgan fingerprint density at radius 2 is 2.00 bits per heavy atom. The zero-order chi connectivity index (χ0) is 14.8. The van der Waals surface area contributed by atoms with E-state index in [0.29, 0.717) is 6.42 Å². The maximum atomic E-state index is 12.3. The number of amides is 1. The topological polar surface area (TPSA) is 63.2 Å². The number of halogens is 1. The molecular formula is C14H18ClNO3S. The fraction of sp³-hybridized carbons (Fsp3) is 0.500. The van der Waals surface area contributed by atoms with E-state index in [1.807, 2.05) is 37.3 Å². The smallest absolute Gasteiger partial charge is 0.227 e. The molecule has 1 aromatic carbocycles. The molecule has 3 atom stereocenters. The molecule has 1 aliphatic rings. The van der Waals surface area contributed by atoms with Crippen molar-refractivity contribution in [3.05, 3.63) is 35.9 Å². The van der Waals surface area contributed by atoms with Crippen molar-refractivity contribution >= 4 is 27.3 Å². The molecule has 1 fully saturated rings. The van der Waals surface area contributed by atoms with Crippen LogP contribution in [-0.4, -0.2) is 37.2 Å². The standard InChI is InChI=1S/C14H18ClNO3S/c1-2-11(10-6-4-3-5-7-10)14(17)16-13-9-20(18,19)8-12(13)15/h3-7,11-13H,2,8-9H2,1H3,(H,16,17). The van der Waals surface area contributed by atoms with Crippen LogP contribution in [0.1, 0.15) is 24.8 Å². The van der Waals surface area contributed by atoms with Crippen molar-refractivity contribution in [3.8, 4) is 0 Å². The van der Waals surface area contributed by atoms with Gasteiger partial charge in [-0.3, -0.25) is 4.79 Å². The fourth-order valence-corrected chi connectivity index (χ4v) is 5.03. The second kappa shape index (κ2) is 6.14. The van der Waals surface area contributed by atoms with Crippen LogP contribution in [0.3, 0.4) is 0 Å². The number of hydrogen-bond acceptors (Lipinski definition) is 3. The summed E-state index contributed by atoms with van der Waals surface area (Å²) in [5, 5.41) is 2.24. The number of benzene rings is 1. The summed E-state index contributed by atoms with van der Waals surface area (Å²) in [5.74, 6) is -0.574. The second-order valence-corrected chi connectivity index (χ2v) is 7.79. The molecule has 0 aliphatic carbocycles. The third-order valence-electron chi connectivity index (χ3n) is 3.54. The SMILES string of the molecule is CCC(C(=O)NC1CS(=O)(=O)CC1Cl)c1ccccc1. The lowest BCUT2D eigenvalue weighted by atomic mass is 9.95. The maximum absolute atomic E-state index is 12.3. The molecule has 1 aliphatic heterocycles. The van der Waals surface area contributed by atoms with Crippen molar-refractivity contribution < 1.29 is 13.2 Å². The predicted octanol–water partition coefficient (Wildman–Crippen LogP) is 1.70. The highest BCUT2D eigenvalue weighted by molar-refractivity contribution is 7.91. The molecule has 1 heterocycles. The first kappa shape index (κ1) is 15.3. The summed E-state index contributed by atoms with van der Waals surface area (Å²) >= 11 is 6.01. The van der Waals surface area contributed by atoms with Gasteiger partial charge in [-0.2, -0.15) is 0 Å². The Labute approximate surface area is 124 Å². The van der Waals surface area contributed by atoms with Crippen molar-refractivity contribution in [2.75, 3.05) is 11.5 Å². The van der Waals surface area contributed by atoms with Gasteiger partial charge in [0.25, 0.3) is 0 Å². The monoisotopic (exact) mass is 315 g/mol. The van der Waals surface area contributed by atoms with Gasteiger partial charge in [0.15, 0.2) is 9.84 Å². The van der Waals surface area contributed by atoms with Crippen LogP contribution in [0.4, 0.5) is 0 Å². The minimum Gasteiger partial charge on any atom is -0.350 e. The number of carbonyl (C=O) groups is 1. The number of alkyl halides is 1. The molecule has 20 heavy (non-hydrogen) atoms. The quantitative estimate of drug-likeness (QED) is 0.860. The lowest BCUT2D eigenvalue weighted by Crippen LogP contribution is -2.42. The van der Waals surface area contributed by atoms with E-state index < -0.39 is 21.3 Å². The first-order chi connectivity index (χ1) is 9.43. The Balaban J connectivity index is 2.08. The third-order valence-corrected chi connectivity index (χ3v) is 5.91. The summed E-state index contributed by atoms with van der Waals surface area (Å²) in [6.45, 7) is 1.93. The molecule has 3 unspecified atom stereocenters. The second-order valence-electron chi connectivity index (χ2n) is 5.08.